The fourth-order valence-corrected chi connectivity index (χ4v) is 4.54. The normalized spacial score (nSPS) is 22.4. The van der Waals surface area contributed by atoms with Crippen LogP contribution in [-0.2, 0) is 9.59 Å². The van der Waals surface area contributed by atoms with Gasteiger partial charge in [-0.1, -0.05) is 32.3 Å². The summed E-state index contributed by atoms with van der Waals surface area (Å²) in [6.45, 7) is 5.82. The van der Waals surface area contributed by atoms with Crippen molar-refractivity contribution in [1.29, 1.82) is 0 Å². The molecule has 1 aromatic rings. The van der Waals surface area contributed by atoms with Gasteiger partial charge in [-0.2, -0.15) is 0 Å². The molecule has 1 aliphatic heterocycles. The molecule has 3 N–H and O–H groups in total. The summed E-state index contributed by atoms with van der Waals surface area (Å²) in [4.78, 5) is 42.0. The highest BCUT2D eigenvalue weighted by atomic mass is 16.4. The number of carbonyl (C=O) groups excluding carboxylic acids is 2. The second-order valence-corrected chi connectivity index (χ2v) is 9.00. The molecule has 1 aromatic carbocycles. The minimum absolute atomic E-state index is 0.279. The lowest BCUT2D eigenvalue weighted by molar-refractivity contribution is -0.142. The van der Waals surface area contributed by atoms with Gasteiger partial charge >= 0.3 is 5.97 Å². The Balaban J connectivity index is 1.66. The molecular weight excluding hydrogens is 408 g/mol. The van der Waals surface area contributed by atoms with E-state index in [1.807, 2.05) is 25.1 Å². The maximum Gasteiger partial charge on any atom is 0.308 e. The average Bonchev–Trinajstić information content (AvgIpc) is 3.25. The third-order valence-electron chi connectivity index (χ3n) is 6.61. The summed E-state index contributed by atoms with van der Waals surface area (Å²) in [6.07, 6.45) is 4.24. The number of unbranched alkanes of at least 4 members (excludes halogenated alkanes) is 1. The zero-order chi connectivity index (χ0) is 23.1. The van der Waals surface area contributed by atoms with Crippen LogP contribution in [0.15, 0.2) is 24.3 Å². The predicted molar refractivity (Wildman–Crippen MR) is 124 cm³/mol. The maximum absolute atomic E-state index is 13.0. The van der Waals surface area contributed by atoms with Crippen LogP contribution in [0.3, 0.4) is 0 Å². The molecule has 0 aromatic heterocycles. The van der Waals surface area contributed by atoms with Crippen molar-refractivity contribution in [2.75, 3.05) is 38.1 Å². The number of carbonyl (C=O) groups is 3. The van der Waals surface area contributed by atoms with E-state index in [0.717, 1.165) is 51.1 Å². The number of hydrogen-bond acceptors (Lipinski definition) is 5. The number of aliphatic carboxylic acids is 1. The lowest BCUT2D eigenvalue weighted by Crippen LogP contribution is -2.51. The third-order valence-corrected chi connectivity index (χ3v) is 6.61. The number of nitrogens with zero attached hydrogens (tertiary/aromatic N) is 2. The minimum Gasteiger partial charge on any atom is -0.481 e. The van der Waals surface area contributed by atoms with Crippen molar-refractivity contribution >= 4 is 23.5 Å². The van der Waals surface area contributed by atoms with Crippen LogP contribution in [0.4, 0.5) is 5.69 Å². The van der Waals surface area contributed by atoms with Gasteiger partial charge in [0, 0.05) is 43.5 Å². The Labute approximate surface area is 190 Å². The SMILES string of the molecule is CCCC[C@H](NC(=O)c1cccc(N2CCN(C)CC2)c1)C(=O)N[C@H]1CCC[C@H]1C(=O)O. The molecule has 3 atom stereocenters. The Bertz CT molecular complexity index is 807. The highest BCUT2D eigenvalue weighted by molar-refractivity contribution is 5.98. The fourth-order valence-electron chi connectivity index (χ4n) is 4.54. The van der Waals surface area contributed by atoms with E-state index in [0.29, 0.717) is 24.8 Å². The Kier molecular flexibility index (Phi) is 8.50. The van der Waals surface area contributed by atoms with Crippen molar-refractivity contribution in [3.05, 3.63) is 29.8 Å². The van der Waals surface area contributed by atoms with Crippen molar-refractivity contribution in [3.8, 4) is 0 Å². The first-order valence-electron chi connectivity index (χ1n) is 11.8. The summed E-state index contributed by atoms with van der Waals surface area (Å²) in [5.74, 6) is -2.00. The van der Waals surface area contributed by atoms with Gasteiger partial charge in [-0.05, 0) is 44.5 Å². The molecule has 32 heavy (non-hydrogen) atoms. The van der Waals surface area contributed by atoms with Crippen LogP contribution in [-0.4, -0.2) is 73.1 Å². The lowest BCUT2D eigenvalue weighted by Gasteiger charge is -2.34. The van der Waals surface area contributed by atoms with E-state index in [2.05, 4.69) is 27.5 Å². The summed E-state index contributed by atoms with van der Waals surface area (Å²) >= 11 is 0. The molecule has 0 spiro atoms. The predicted octanol–water partition coefficient (Wildman–Crippen LogP) is 2.10. The number of anilines is 1. The topological polar surface area (TPSA) is 102 Å². The molecule has 2 aliphatic rings. The van der Waals surface area contributed by atoms with Gasteiger partial charge < -0.3 is 25.5 Å². The van der Waals surface area contributed by atoms with Crippen LogP contribution in [0.5, 0.6) is 0 Å². The molecule has 8 heteroatoms. The fraction of sp³-hybridized carbons (Fsp3) is 0.625. The number of hydrogen-bond donors (Lipinski definition) is 3. The molecule has 2 amide bonds. The monoisotopic (exact) mass is 444 g/mol. The smallest absolute Gasteiger partial charge is 0.308 e. The van der Waals surface area contributed by atoms with Gasteiger partial charge in [-0.15, -0.1) is 0 Å². The summed E-state index contributed by atoms with van der Waals surface area (Å²) < 4.78 is 0. The van der Waals surface area contributed by atoms with Crippen LogP contribution in [0.25, 0.3) is 0 Å². The van der Waals surface area contributed by atoms with E-state index in [-0.39, 0.29) is 17.9 Å². The summed E-state index contributed by atoms with van der Waals surface area (Å²) in [5.41, 5.74) is 1.54. The van der Waals surface area contributed by atoms with E-state index >= 15 is 0 Å². The zero-order valence-electron chi connectivity index (χ0n) is 19.2. The van der Waals surface area contributed by atoms with Crippen molar-refractivity contribution in [1.82, 2.24) is 15.5 Å². The van der Waals surface area contributed by atoms with Crippen LogP contribution < -0.4 is 15.5 Å². The average molecular weight is 445 g/mol. The highest BCUT2D eigenvalue weighted by Gasteiger charge is 2.35. The number of likely N-dealkylation sites (N-methyl/N-ethyl adjacent to an activating group) is 1. The molecule has 0 radical (unpaired) electrons. The summed E-state index contributed by atoms with van der Waals surface area (Å²) in [7, 11) is 2.10. The molecule has 1 saturated carbocycles. The third kappa shape index (κ3) is 6.22. The van der Waals surface area contributed by atoms with Gasteiger partial charge in [0.15, 0.2) is 0 Å². The Morgan fingerprint density at radius 2 is 1.91 bits per heavy atom. The van der Waals surface area contributed by atoms with Gasteiger partial charge in [-0.25, -0.2) is 0 Å². The van der Waals surface area contributed by atoms with Crippen molar-refractivity contribution in [2.24, 2.45) is 5.92 Å². The first kappa shape index (κ1) is 24.0. The van der Waals surface area contributed by atoms with Crippen molar-refractivity contribution < 1.29 is 19.5 Å². The number of carboxylic acid groups (broad SMARTS) is 1. The van der Waals surface area contributed by atoms with Crippen molar-refractivity contribution in [2.45, 2.75) is 57.5 Å². The standard InChI is InChI=1S/C24H36N4O4/c1-3-4-10-21(23(30)25-20-11-6-9-19(20)24(31)32)26-22(29)17-7-5-8-18(16-17)28-14-12-27(2)13-15-28/h5,7-8,16,19-21H,3-4,6,9-15H2,1-2H3,(H,25,30)(H,26,29)(H,31,32)/t19-,20+,21+/m1/s1. The van der Waals surface area contributed by atoms with Gasteiger partial charge in [-0.3, -0.25) is 14.4 Å². The van der Waals surface area contributed by atoms with E-state index < -0.39 is 17.9 Å². The number of benzene rings is 1. The zero-order valence-corrected chi connectivity index (χ0v) is 19.2. The molecule has 2 fully saturated rings. The van der Waals surface area contributed by atoms with Crippen LogP contribution in [0.2, 0.25) is 0 Å². The second kappa shape index (κ2) is 11.3. The van der Waals surface area contributed by atoms with E-state index in [1.165, 1.54) is 0 Å². The minimum atomic E-state index is -0.873. The number of nitrogens with one attached hydrogen (secondary N) is 2. The number of piperazine rings is 1. The van der Waals surface area contributed by atoms with Crippen LogP contribution in [0.1, 0.15) is 55.8 Å². The van der Waals surface area contributed by atoms with Crippen LogP contribution in [0, 0.1) is 5.92 Å². The largest absolute Gasteiger partial charge is 0.481 e. The lowest BCUT2D eigenvalue weighted by atomic mass is 10.0. The molecule has 1 heterocycles. The first-order valence-corrected chi connectivity index (χ1v) is 11.8. The number of carboxylic acids is 1. The van der Waals surface area contributed by atoms with Gasteiger partial charge in [0.25, 0.3) is 5.91 Å². The Hall–Kier alpha value is -2.61. The van der Waals surface area contributed by atoms with Crippen LogP contribution >= 0.6 is 0 Å². The molecule has 8 nitrogen and oxygen atoms in total. The molecule has 1 saturated heterocycles. The van der Waals surface area contributed by atoms with E-state index in [9.17, 15) is 19.5 Å². The molecule has 1 aliphatic carbocycles. The maximum atomic E-state index is 13.0. The van der Waals surface area contributed by atoms with Crippen molar-refractivity contribution in [3.63, 3.8) is 0 Å². The Morgan fingerprint density at radius 1 is 1.16 bits per heavy atom. The summed E-state index contributed by atoms with van der Waals surface area (Å²) in [6, 6.07) is 6.48. The number of rotatable bonds is 9. The van der Waals surface area contributed by atoms with E-state index in [1.54, 1.807) is 6.07 Å². The molecule has 3 rings (SSSR count). The second-order valence-electron chi connectivity index (χ2n) is 9.00. The molecule has 0 unspecified atom stereocenters. The molecule has 0 bridgehead atoms. The van der Waals surface area contributed by atoms with E-state index in [4.69, 9.17) is 0 Å². The summed E-state index contributed by atoms with van der Waals surface area (Å²) in [5, 5.41) is 15.2. The highest BCUT2D eigenvalue weighted by Crippen LogP contribution is 2.26. The quantitative estimate of drug-likeness (QED) is 0.539. The van der Waals surface area contributed by atoms with Gasteiger partial charge in [0.1, 0.15) is 6.04 Å². The Morgan fingerprint density at radius 3 is 2.59 bits per heavy atom. The number of amides is 2. The molecule has 176 valence electrons. The van der Waals surface area contributed by atoms with Gasteiger partial charge in [0.05, 0.1) is 5.92 Å². The van der Waals surface area contributed by atoms with Gasteiger partial charge in [0.2, 0.25) is 5.91 Å². The first-order chi connectivity index (χ1) is 15.4. The molecular formula is C24H36N4O4.